The van der Waals surface area contributed by atoms with E-state index in [-0.39, 0.29) is 27.1 Å². The number of hydrogen-bond donors (Lipinski definition) is 1. The van der Waals surface area contributed by atoms with Crippen molar-refractivity contribution in [3.8, 4) is 5.75 Å². The number of carbonyl (C=O) groups excluding carboxylic acids is 3. The lowest BCUT2D eigenvalue weighted by Crippen LogP contribution is -2.54. The summed E-state index contributed by atoms with van der Waals surface area (Å²) in [5.74, 6) is -1.41. The van der Waals surface area contributed by atoms with Crippen LogP contribution in [0, 0.1) is 9.39 Å². The van der Waals surface area contributed by atoms with Crippen LogP contribution in [0.3, 0.4) is 0 Å². The lowest BCUT2D eigenvalue weighted by atomic mass is 10.0. The first kappa shape index (κ1) is 26.1. The number of ether oxygens (including phenoxy) is 1. The van der Waals surface area contributed by atoms with E-state index in [9.17, 15) is 18.8 Å². The third-order valence-corrected chi connectivity index (χ3v) is 7.02. The number of amides is 4. The second-order valence-corrected chi connectivity index (χ2v) is 9.75. The van der Waals surface area contributed by atoms with Crippen LogP contribution in [0.15, 0.2) is 60.2 Å². The van der Waals surface area contributed by atoms with Gasteiger partial charge in [0.2, 0.25) is 0 Å². The number of halogens is 4. The Labute approximate surface area is 230 Å². The highest BCUT2D eigenvalue weighted by Crippen LogP contribution is 2.32. The fourth-order valence-electron chi connectivity index (χ4n) is 3.70. The molecule has 4 amide bonds. The van der Waals surface area contributed by atoms with E-state index >= 15 is 0 Å². The Morgan fingerprint density at radius 1 is 1.06 bits per heavy atom. The van der Waals surface area contributed by atoms with E-state index < -0.39 is 17.8 Å². The van der Waals surface area contributed by atoms with Crippen molar-refractivity contribution < 1.29 is 23.5 Å². The number of anilines is 1. The van der Waals surface area contributed by atoms with Crippen LogP contribution in [0.1, 0.15) is 23.6 Å². The van der Waals surface area contributed by atoms with Crippen LogP contribution in [0.2, 0.25) is 10.0 Å². The first-order valence-corrected chi connectivity index (χ1v) is 12.6. The van der Waals surface area contributed by atoms with E-state index in [1.165, 1.54) is 36.4 Å². The molecule has 0 saturated carbocycles. The van der Waals surface area contributed by atoms with Crippen LogP contribution in [0.25, 0.3) is 6.08 Å². The average molecular weight is 639 g/mol. The molecule has 0 atom stereocenters. The molecule has 0 aliphatic carbocycles. The molecule has 1 aliphatic heterocycles. The van der Waals surface area contributed by atoms with Crippen molar-refractivity contribution in [1.29, 1.82) is 0 Å². The van der Waals surface area contributed by atoms with Crippen LogP contribution >= 0.6 is 45.8 Å². The Morgan fingerprint density at radius 3 is 2.53 bits per heavy atom. The molecule has 0 spiro atoms. The lowest BCUT2D eigenvalue weighted by Gasteiger charge is -2.26. The second kappa shape index (κ2) is 11.0. The number of urea groups is 1. The van der Waals surface area contributed by atoms with E-state index in [1.807, 2.05) is 13.0 Å². The molecule has 1 heterocycles. The third kappa shape index (κ3) is 5.55. The Balaban J connectivity index is 1.72. The highest BCUT2D eigenvalue weighted by Gasteiger charge is 2.37. The number of hydrogen-bond acceptors (Lipinski definition) is 4. The molecule has 1 fully saturated rings. The third-order valence-electron chi connectivity index (χ3n) is 5.32. The van der Waals surface area contributed by atoms with Crippen LogP contribution < -0.4 is 15.0 Å². The fourth-order valence-corrected chi connectivity index (χ4v) is 4.81. The predicted molar refractivity (Wildman–Crippen MR) is 145 cm³/mol. The maximum atomic E-state index is 13.7. The molecule has 0 aromatic heterocycles. The van der Waals surface area contributed by atoms with Crippen LogP contribution in [-0.2, 0) is 16.0 Å². The van der Waals surface area contributed by atoms with Gasteiger partial charge in [-0.3, -0.25) is 14.9 Å². The van der Waals surface area contributed by atoms with E-state index in [2.05, 4.69) is 27.9 Å². The first-order chi connectivity index (χ1) is 17.2. The molecule has 0 radical (unpaired) electrons. The van der Waals surface area contributed by atoms with Gasteiger partial charge in [-0.25, -0.2) is 14.1 Å². The average Bonchev–Trinajstić information content (AvgIpc) is 2.81. The quantitative estimate of drug-likeness (QED) is 0.193. The van der Waals surface area contributed by atoms with E-state index in [0.29, 0.717) is 24.3 Å². The summed E-state index contributed by atoms with van der Waals surface area (Å²) >= 11 is 14.1. The van der Waals surface area contributed by atoms with Gasteiger partial charge in [-0.15, -0.1) is 0 Å². The van der Waals surface area contributed by atoms with E-state index in [4.69, 9.17) is 27.9 Å². The summed E-state index contributed by atoms with van der Waals surface area (Å²) < 4.78 is 20.3. The molecule has 10 heteroatoms. The maximum Gasteiger partial charge on any atom is 0.335 e. The molecule has 1 N–H and O–H groups in total. The van der Waals surface area contributed by atoms with Crippen molar-refractivity contribution in [2.75, 3.05) is 11.5 Å². The normalized spacial score (nSPS) is 14.9. The highest BCUT2D eigenvalue weighted by atomic mass is 127. The summed E-state index contributed by atoms with van der Waals surface area (Å²) in [6.45, 7) is 2.22. The van der Waals surface area contributed by atoms with Crippen molar-refractivity contribution in [3.63, 3.8) is 0 Å². The molecular formula is C26H18Cl2FIN2O4. The fraction of sp³-hybridized carbons (Fsp3) is 0.115. The zero-order valence-corrected chi connectivity index (χ0v) is 22.4. The summed E-state index contributed by atoms with van der Waals surface area (Å²) in [4.78, 5) is 39.1. The lowest BCUT2D eigenvalue weighted by molar-refractivity contribution is -0.122. The van der Waals surface area contributed by atoms with Gasteiger partial charge in [0.15, 0.2) is 0 Å². The Hall–Kier alpha value is -2.95. The van der Waals surface area contributed by atoms with Gasteiger partial charge >= 0.3 is 6.03 Å². The van der Waals surface area contributed by atoms with Gasteiger partial charge in [-0.2, -0.15) is 0 Å². The van der Waals surface area contributed by atoms with Crippen LogP contribution in [0.4, 0.5) is 14.9 Å². The summed E-state index contributed by atoms with van der Waals surface area (Å²) in [7, 11) is 0. The Morgan fingerprint density at radius 2 is 1.83 bits per heavy atom. The molecular weight excluding hydrogens is 621 g/mol. The minimum atomic E-state index is -0.893. The molecule has 4 rings (SSSR count). The Bertz CT molecular complexity index is 1430. The van der Waals surface area contributed by atoms with Crippen LogP contribution in [0.5, 0.6) is 5.75 Å². The monoisotopic (exact) mass is 638 g/mol. The molecule has 3 aromatic carbocycles. The van der Waals surface area contributed by atoms with E-state index in [1.54, 1.807) is 18.2 Å². The second-order valence-electron chi connectivity index (χ2n) is 7.78. The van der Waals surface area contributed by atoms with Gasteiger partial charge in [0.05, 0.1) is 22.3 Å². The van der Waals surface area contributed by atoms with Gasteiger partial charge in [0.25, 0.3) is 11.8 Å². The van der Waals surface area contributed by atoms with Crippen LogP contribution in [-0.4, -0.2) is 24.5 Å². The number of nitrogens with one attached hydrogen (secondary N) is 1. The molecule has 0 bridgehead atoms. The van der Waals surface area contributed by atoms with Gasteiger partial charge < -0.3 is 4.74 Å². The predicted octanol–water partition coefficient (Wildman–Crippen LogP) is 6.39. The number of imide groups is 2. The smallest absolute Gasteiger partial charge is 0.335 e. The number of rotatable bonds is 6. The number of carbonyl (C=O) groups is 3. The molecule has 0 unspecified atom stereocenters. The molecule has 3 aromatic rings. The number of benzene rings is 3. The van der Waals surface area contributed by atoms with Crippen molar-refractivity contribution >= 4 is 75.4 Å². The molecule has 184 valence electrons. The van der Waals surface area contributed by atoms with Crippen molar-refractivity contribution in [1.82, 2.24) is 5.32 Å². The van der Waals surface area contributed by atoms with Gasteiger partial charge in [-0.05, 0) is 89.2 Å². The molecule has 6 nitrogen and oxygen atoms in total. The van der Waals surface area contributed by atoms with E-state index in [0.717, 1.165) is 19.6 Å². The topological polar surface area (TPSA) is 75.7 Å². The Kier molecular flexibility index (Phi) is 7.97. The summed E-state index contributed by atoms with van der Waals surface area (Å²) in [5, 5.41) is 2.59. The van der Waals surface area contributed by atoms with Crippen molar-refractivity contribution in [2.45, 2.75) is 13.3 Å². The van der Waals surface area contributed by atoms with Gasteiger partial charge in [0.1, 0.15) is 17.1 Å². The van der Waals surface area contributed by atoms with Gasteiger partial charge in [0, 0.05) is 15.6 Å². The minimum absolute atomic E-state index is 0.155. The maximum absolute atomic E-state index is 13.7. The minimum Gasteiger partial charge on any atom is -0.494 e. The van der Waals surface area contributed by atoms with Crippen molar-refractivity contribution in [2.24, 2.45) is 0 Å². The summed E-state index contributed by atoms with van der Waals surface area (Å²) in [6.07, 6.45) is 1.83. The first-order valence-electron chi connectivity index (χ1n) is 10.7. The number of barbiturate groups is 1. The number of nitrogens with zero attached hydrogens (tertiary/aromatic N) is 1. The molecule has 1 aliphatic rings. The zero-order chi connectivity index (χ0) is 26.0. The largest absolute Gasteiger partial charge is 0.494 e. The summed E-state index contributed by atoms with van der Waals surface area (Å²) in [5.41, 5.74) is 2.07. The van der Waals surface area contributed by atoms with Crippen molar-refractivity contribution in [3.05, 3.63) is 96.3 Å². The van der Waals surface area contributed by atoms with Gasteiger partial charge in [-0.1, -0.05) is 35.3 Å². The SMILES string of the molecule is CCOc1cc(/C=C2\C(=O)NC(=O)N(c3ccc(Cl)c(Cl)c3)C2=O)cc(I)c1Cc1cccc(F)c1. The molecule has 36 heavy (non-hydrogen) atoms. The zero-order valence-electron chi connectivity index (χ0n) is 18.8. The highest BCUT2D eigenvalue weighted by molar-refractivity contribution is 14.1. The summed E-state index contributed by atoms with van der Waals surface area (Å²) in [6, 6.07) is 13.2. The molecule has 1 saturated heterocycles. The standard InChI is InChI=1S/C26H18Cl2FIN2O4/c1-2-36-23-12-15(11-22(30)18(23)9-14-4-3-5-16(29)8-14)10-19-24(33)31-26(35)32(25(19)34)17-6-7-20(27)21(28)13-17/h3-8,10-13H,2,9H2,1H3,(H,31,33,35)/b19-10+.